The molecule has 0 saturated heterocycles. The van der Waals surface area contributed by atoms with Crippen LogP contribution in [0.5, 0.6) is 0 Å². The highest BCUT2D eigenvalue weighted by atomic mass is 32.1. The van der Waals surface area contributed by atoms with Crippen LogP contribution in [0.3, 0.4) is 0 Å². The molecule has 2 rings (SSSR count). The standard InChI is InChI=1S/C13H19N3O3S/c1-13(2)6-3-4-8-10(13)15-12(20-8)16-11(19)14-7-5-9(17)18/h3-7H2,1-2H3,(H,17,18)(H2,14,15,16,19). The molecule has 1 aliphatic rings. The predicted octanol–water partition coefficient (Wildman–Crippen LogP) is 2.35. The van der Waals surface area contributed by atoms with Crippen molar-refractivity contribution < 1.29 is 14.7 Å². The number of rotatable bonds is 4. The fourth-order valence-corrected chi connectivity index (χ4v) is 3.52. The summed E-state index contributed by atoms with van der Waals surface area (Å²) in [5, 5.41) is 14.3. The molecule has 0 spiro atoms. The zero-order chi connectivity index (χ0) is 14.8. The van der Waals surface area contributed by atoms with Crippen molar-refractivity contribution in [1.82, 2.24) is 10.3 Å². The first-order valence-corrected chi connectivity index (χ1v) is 7.47. The van der Waals surface area contributed by atoms with Crippen LogP contribution >= 0.6 is 11.3 Å². The smallest absolute Gasteiger partial charge is 0.321 e. The quantitative estimate of drug-likeness (QED) is 0.795. The van der Waals surface area contributed by atoms with E-state index in [1.807, 2.05) is 0 Å². The number of carbonyl (C=O) groups excluding carboxylic acids is 1. The molecular formula is C13H19N3O3S. The summed E-state index contributed by atoms with van der Waals surface area (Å²) in [7, 11) is 0. The number of aryl methyl sites for hydroxylation is 1. The van der Waals surface area contributed by atoms with Crippen molar-refractivity contribution in [1.29, 1.82) is 0 Å². The number of amides is 2. The number of nitrogens with zero attached hydrogens (tertiary/aromatic N) is 1. The van der Waals surface area contributed by atoms with Gasteiger partial charge in [0.1, 0.15) is 0 Å². The van der Waals surface area contributed by atoms with E-state index in [-0.39, 0.29) is 18.4 Å². The van der Waals surface area contributed by atoms with Crippen LogP contribution in [0.15, 0.2) is 0 Å². The second kappa shape index (κ2) is 5.78. The van der Waals surface area contributed by atoms with Crippen molar-refractivity contribution in [3.8, 4) is 0 Å². The van der Waals surface area contributed by atoms with Crippen LogP contribution in [0.2, 0.25) is 0 Å². The lowest BCUT2D eigenvalue weighted by molar-refractivity contribution is -0.136. The van der Waals surface area contributed by atoms with Gasteiger partial charge in [-0.1, -0.05) is 13.8 Å². The number of anilines is 1. The Morgan fingerprint density at radius 1 is 1.45 bits per heavy atom. The number of fused-ring (bicyclic) bond motifs is 1. The fourth-order valence-electron chi connectivity index (χ4n) is 2.34. The molecule has 20 heavy (non-hydrogen) atoms. The van der Waals surface area contributed by atoms with E-state index in [1.165, 1.54) is 16.2 Å². The van der Waals surface area contributed by atoms with Gasteiger partial charge in [0.2, 0.25) is 0 Å². The van der Waals surface area contributed by atoms with E-state index in [0.29, 0.717) is 5.13 Å². The van der Waals surface area contributed by atoms with Gasteiger partial charge in [0.15, 0.2) is 5.13 Å². The van der Waals surface area contributed by atoms with Gasteiger partial charge < -0.3 is 10.4 Å². The molecule has 0 unspecified atom stereocenters. The summed E-state index contributed by atoms with van der Waals surface area (Å²) in [6.45, 7) is 4.45. The Morgan fingerprint density at radius 3 is 2.85 bits per heavy atom. The summed E-state index contributed by atoms with van der Waals surface area (Å²) in [6, 6.07) is -0.407. The Kier molecular flexibility index (Phi) is 4.27. The van der Waals surface area contributed by atoms with Crippen molar-refractivity contribution in [3.05, 3.63) is 10.6 Å². The maximum absolute atomic E-state index is 11.6. The number of nitrogens with one attached hydrogen (secondary N) is 2. The number of urea groups is 1. The third-order valence-corrected chi connectivity index (χ3v) is 4.42. The molecule has 0 bridgehead atoms. The lowest BCUT2D eigenvalue weighted by atomic mass is 9.79. The normalized spacial score (nSPS) is 16.3. The van der Waals surface area contributed by atoms with E-state index in [1.54, 1.807) is 0 Å². The van der Waals surface area contributed by atoms with Gasteiger partial charge in [-0.15, -0.1) is 11.3 Å². The zero-order valence-electron chi connectivity index (χ0n) is 11.7. The monoisotopic (exact) mass is 297 g/mol. The molecule has 1 aromatic heterocycles. The molecule has 2 amide bonds. The molecule has 1 aliphatic carbocycles. The van der Waals surface area contributed by atoms with Gasteiger partial charge in [-0.2, -0.15) is 0 Å². The van der Waals surface area contributed by atoms with Crippen LogP contribution in [-0.4, -0.2) is 28.6 Å². The largest absolute Gasteiger partial charge is 0.481 e. The summed E-state index contributed by atoms with van der Waals surface area (Å²) in [5.74, 6) is -0.934. The van der Waals surface area contributed by atoms with Crippen LogP contribution in [0.4, 0.5) is 9.93 Å². The summed E-state index contributed by atoms with van der Waals surface area (Å²) in [4.78, 5) is 27.7. The number of carboxylic acid groups (broad SMARTS) is 1. The van der Waals surface area contributed by atoms with E-state index >= 15 is 0 Å². The van der Waals surface area contributed by atoms with Crippen LogP contribution in [0, 0.1) is 0 Å². The third-order valence-electron chi connectivity index (χ3n) is 3.39. The lowest BCUT2D eigenvalue weighted by Gasteiger charge is -2.27. The van der Waals surface area contributed by atoms with Gasteiger partial charge in [0.25, 0.3) is 0 Å². The van der Waals surface area contributed by atoms with Crippen molar-refractivity contribution in [2.45, 2.75) is 44.9 Å². The van der Waals surface area contributed by atoms with E-state index < -0.39 is 12.0 Å². The number of aromatic nitrogens is 1. The summed E-state index contributed by atoms with van der Waals surface area (Å²) in [6.07, 6.45) is 3.17. The first-order valence-electron chi connectivity index (χ1n) is 6.65. The average molecular weight is 297 g/mol. The molecular weight excluding hydrogens is 278 g/mol. The molecule has 6 nitrogen and oxygen atoms in total. The zero-order valence-corrected chi connectivity index (χ0v) is 12.5. The number of thiazole rings is 1. The number of carboxylic acids is 1. The molecule has 0 saturated carbocycles. The number of aliphatic carboxylic acids is 1. The molecule has 0 aromatic carbocycles. The second-order valence-corrected chi connectivity index (χ2v) is 6.64. The second-order valence-electron chi connectivity index (χ2n) is 5.55. The maximum Gasteiger partial charge on any atom is 0.321 e. The minimum absolute atomic E-state index is 0.0593. The predicted molar refractivity (Wildman–Crippen MR) is 77.4 cm³/mol. The minimum Gasteiger partial charge on any atom is -0.481 e. The molecule has 0 atom stereocenters. The highest BCUT2D eigenvalue weighted by Crippen LogP contribution is 2.40. The molecule has 7 heteroatoms. The minimum atomic E-state index is -0.934. The summed E-state index contributed by atoms with van der Waals surface area (Å²) < 4.78 is 0. The Hall–Kier alpha value is -1.63. The van der Waals surface area contributed by atoms with Crippen molar-refractivity contribution >= 4 is 28.5 Å². The van der Waals surface area contributed by atoms with Crippen molar-refractivity contribution in [3.63, 3.8) is 0 Å². The van der Waals surface area contributed by atoms with Gasteiger partial charge in [-0.25, -0.2) is 9.78 Å². The molecule has 110 valence electrons. The van der Waals surface area contributed by atoms with Gasteiger partial charge in [0.05, 0.1) is 12.1 Å². The van der Waals surface area contributed by atoms with Gasteiger partial charge >= 0.3 is 12.0 Å². The van der Waals surface area contributed by atoms with Crippen LogP contribution in [0.1, 0.15) is 43.7 Å². The van der Waals surface area contributed by atoms with Crippen LogP contribution in [-0.2, 0) is 16.6 Å². The van der Waals surface area contributed by atoms with Crippen LogP contribution in [0.25, 0.3) is 0 Å². The Bertz CT molecular complexity index is 525. The summed E-state index contributed by atoms with van der Waals surface area (Å²) in [5.41, 5.74) is 1.14. The van der Waals surface area contributed by atoms with Crippen LogP contribution < -0.4 is 10.6 Å². The molecule has 0 aliphatic heterocycles. The Morgan fingerprint density at radius 2 is 2.20 bits per heavy atom. The first kappa shape index (κ1) is 14.8. The average Bonchev–Trinajstić information content (AvgIpc) is 2.72. The molecule has 1 heterocycles. The van der Waals surface area contributed by atoms with E-state index in [4.69, 9.17) is 5.11 Å². The number of carbonyl (C=O) groups is 2. The Labute approximate surface area is 121 Å². The highest BCUT2D eigenvalue weighted by molar-refractivity contribution is 7.15. The fraction of sp³-hybridized carbons (Fsp3) is 0.615. The van der Waals surface area contributed by atoms with Crippen molar-refractivity contribution in [2.24, 2.45) is 0 Å². The molecule has 0 fully saturated rings. The number of hydrogen-bond donors (Lipinski definition) is 3. The van der Waals surface area contributed by atoms with Gasteiger partial charge in [-0.05, 0) is 19.3 Å². The van der Waals surface area contributed by atoms with Crippen molar-refractivity contribution in [2.75, 3.05) is 11.9 Å². The number of hydrogen-bond acceptors (Lipinski definition) is 4. The van der Waals surface area contributed by atoms with E-state index in [0.717, 1.165) is 25.0 Å². The van der Waals surface area contributed by atoms with E-state index in [2.05, 4.69) is 29.5 Å². The highest BCUT2D eigenvalue weighted by Gasteiger charge is 2.31. The van der Waals surface area contributed by atoms with E-state index in [9.17, 15) is 9.59 Å². The topological polar surface area (TPSA) is 91.3 Å². The SMILES string of the molecule is CC1(C)CCCc2sc(NC(=O)NCCC(=O)O)nc21. The Balaban J connectivity index is 1.96. The molecule has 1 aromatic rings. The third kappa shape index (κ3) is 3.47. The van der Waals surface area contributed by atoms with Gasteiger partial charge in [0, 0.05) is 16.8 Å². The first-order chi connectivity index (χ1) is 9.38. The lowest BCUT2D eigenvalue weighted by Crippen LogP contribution is -2.30. The molecule has 0 radical (unpaired) electrons. The van der Waals surface area contributed by atoms with Gasteiger partial charge in [-0.3, -0.25) is 10.1 Å². The maximum atomic E-state index is 11.6. The summed E-state index contributed by atoms with van der Waals surface area (Å²) >= 11 is 1.51. The molecule has 3 N–H and O–H groups in total.